The molecule has 0 radical (unpaired) electrons. The molecule has 11 heavy (non-hydrogen) atoms. The van der Waals surface area contributed by atoms with Gasteiger partial charge in [0.2, 0.25) is 0 Å². The van der Waals surface area contributed by atoms with Crippen molar-refractivity contribution < 1.29 is 9.53 Å². The number of thioether (sulfide) groups is 2. The molecule has 0 bridgehead atoms. The molecular formula is C7H12O2S2. The first-order valence-electron chi connectivity index (χ1n) is 3.65. The van der Waals surface area contributed by atoms with E-state index in [2.05, 4.69) is 0 Å². The van der Waals surface area contributed by atoms with Crippen LogP contribution in [-0.2, 0) is 9.53 Å². The molecule has 4 heteroatoms. The van der Waals surface area contributed by atoms with Crippen LogP contribution in [0.3, 0.4) is 0 Å². The quantitative estimate of drug-likeness (QED) is 0.591. The molecule has 1 aliphatic heterocycles. The Morgan fingerprint density at radius 1 is 1.55 bits per heavy atom. The molecule has 0 aromatic heterocycles. The summed E-state index contributed by atoms with van der Waals surface area (Å²) in [5.41, 5.74) is 0.0972. The van der Waals surface area contributed by atoms with Crippen molar-refractivity contribution in [2.75, 3.05) is 17.3 Å². The van der Waals surface area contributed by atoms with Gasteiger partial charge < -0.3 is 4.74 Å². The fourth-order valence-corrected chi connectivity index (χ4v) is 3.27. The molecule has 2 nitrogen and oxygen atoms in total. The lowest BCUT2D eigenvalue weighted by atomic mass is 10.6. The van der Waals surface area contributed by atoms with Gasteiger partial charge in [-0.15, -0.1) is 11.8 Å². The van der Waals surface area contributed by atoms with Crippen LogP contribution in [-0.4, -0.2) is 28.7 Å². The molecule has 1 saturated heterocycles. The smallest absolute Gasteiger partial charge is 0.303 e. The van der Waals surface area contributed by atoms with Gasteiger partial charge in [-0.3, -0.25) is 4.79 Å². The van der Waals surface area contributed by atoms with Crippen molar-refractivity contribution in [2.45, 2.75) is 18.8 Å². The maximum absolute atomic E-state index is 10.6. The van der Waals surface area contributed by atoms with Crippen molar-refractivity contribution in [1.29, 1.82) is 0 Å². The number of carbonyl (C=O) groups excluding carboxylic acids is 1. The molecule has 0 saturated carbocycles. The summed E-state index contributed by atoms with van der Waals surface area (Å²) in [5, 5.41) is 0. The van der Waals surface area contributed by atoms with Crippen molar-refractivity contribution in [3.05, 3.63) is 0 Å². The van der Waals surface area contributed by atoms with Crippen LogP contribution in [0.5, 0.6) is 0 Å². The second-order valence-corrected chi connectivity index (χ2v) is 4.76. The predicted octanol–water partition coefficient (Wildman–Crippen LogP) is 1.75. The third-order valence-corrected chi connectivity index (χ3v) is 3.77. The van der Waals surface area contributed by atoms with Gasteiger partial charge in [-0.1, -0.05) is 0 Å². The summed E-state index contributed by atoms with van der Waals surface area (Å²) in [4.78, 5) is 10.6. The molecule has 0 aliphatic carbocycles. The van der Waals surface area contributed by atoms with E-state index in [1.54, 1.807) is 11.8 Å². The van der Waals surface area contributed by atoms with Crippen LogP contribution in [0, 0.1) is 0 Å². The third-order valence-electron chi connectivity index (χ3n) is 1.29. The van der Waals surface area contributed by atoms with E-state index in [1.165, 1.54) is 19.1 Å². The van der Waals surface area contributed by atoms with Crippen molar-refractivity contribution in [3.8, 4) is 0 Å². The Morgan fingerprint density at radius 3 is 3.09 bits per heavy atom. The maximum atomic E-state index is 10.6. The van der Waals surface area contributed by atoms with E-state index < -0.39 is 0 Å². The van der Waals surface area contributed by atoms with E-state index >= 15 is 0 Å². The van der Waals surface area contributed by atoms with Crippen LogP contribution in [0.2, 0.25) is 0 Å². The van der Waals surface area contributed by atoms with Crippen LogP contribution in [0.15, 0.2) is 0 Å². The molecule has 1 unspecified atom stereocenters. The SMILES string of the molecule is CC(=O)OC1CSCCCS1. The third kappa shape index (κ3) is 3.91. The molecule has 1 heterocycles. The van der Waals surface area contributed by atoms with Gasteiger partial charge >= 0.3 is 5.97 Å². The minimum atomic E-state index is -0.162. The zero-order valence-electron chi connectivity index (χ0n) is 6.54. The Kier molecular flexibility index (Phi) is 4.15. The number of hydrogen-bond donors (Lipinski definition) is 0. The van der Waals surface area contributed by atoms with E-state index in [-0.39, 0.29) is 11.4 Å². The molecular weight excluding hydrogens is 180 g/mol. The van der Waals surface area contributed by atoms with E-state index in [4.69, 9.17) is 4.74 Å². The average Bonchev–Trinajstić information content (AvgIpc) is 2.14. The summed E-state index contributed by atoms with van der Waals surface area (Å²) >= 11 is 3.62. The molecule has 0 aromatic carbocycles. The molecule has 64 valence electrons. The average molecular weight is 192 g/mol. The summed E-state index contributed by atoms with van der Waals surface area (Å²) in [7, 11) is 0. The Bertz CT molecular complexity index is 130. The highest BCUT2D eigenvalue weighted by atomic mass is 32.2. The summed E-state index contributed by atoms with van der Waals surface area (Å²) in [5.74, 6) is 3.10. The Labute approximate surface area is 75.4 Å². The molecule has 0 spiro atoms. The second-order valence-electron chi connectivity index (χ2n) is 2.34. The molecule has 0 aromatic rings. The van der Waals surface area contributed by atoms with Crippen LogP contribution in [0.4, 0.5) is 0 Å². The highest BCUT2D eigenvalue weighted by Gasteiger charge is 2.14. The van der Waals surface area contributed by atoms with Crippen molar-refractivity contribution in [1.82, 2.24) is 0 Å². The molecule has 0 N–H and O–H groups in total. The predicted molar refractivity (Wildman–Crippen MR) is 50.0 cm³/mol. The second kappa shape index (κ2) is 4.93. The molecule has 0 amide bonds. The lowest BCUT2D eigenvalue weighted by molar-refractivity contribution is -0.141. The van der Waals surface area contributed by atoms with E-state index in [9.17, 15) is 4.79 Å². The Balaban J connectivity index is 2.25. The highest BCUT2D eigenvalue weighted by molar-refractivity contribution is 8.03. The normalized spacial score (nSPS) is 25.7. The zero-order chi connectivity index (χ0) is 8.10. The topological polar surface area (TPSA) is 26.3 Å². The van der Waals surface area contributed by atoms with Gasteiger partial charge in [-0.25, -0.2) is 0 Å². The van der Waals surface area contributed by atoms with Crippen molar-refractivity contribution in [3.63, 3.8) is 0 Å². The minimum absolute atomic E-state index is 0.0972. The van der Waals surface area contributed by atoms with Crippen molar-refractivity contribution in [2.24, 2.45) is 0 Å². The lowest BCUT2D eigenvalue weighted by Crippen LogP contribution is -2.14. The van der Waals surface area contributed by atoms with Gasteiger partial charge in [0.25, 0.3) is 0 Å². The first-order chi connectivity index (χ1) is 5.29. The van der Waals surface area contributed by atoms with Crippen LogP contribution >= 0.6 is 23.5 Å². The number of esters is 1. The first-order valence-corrected chi connectivity index (χ1v) is 5.86. The summed E-state index contributed by atoms with van der Waals surface area (Å²) in [6.07, 6.45) is 1.23. The Morgan fingerprint density at radius 2 is 2.36 bits per heavy atom. The van der Waals surface area contributed by atoms with E-state index in [0.717, 1.165) is 11.5 Å². The highest BCUT2D eigenvalue weighted by Crippen LogP contribution is 2.23. The number of ether oxygens (including phenoxy) is 1. The van der Waals surface area contributed by atoms with Crippen LogP contribution in [0.25, 0.3) is 0 Å². The molecule has 1 fully saturated rings. The van der Waals surface area contributed by atoms with Crippen LogP contribution in [0.1, 0.15) is 13.3 Å². The van der Waals surface area contributed by atoms with Gasteiger partial charge in [0.15, 0.2) is 5.44 Å². The van der Waals surface area contributed by atoms with Gasteiger partial charge in [-0.2, -0.15) is 11.8 Å². The van der Waals surface area contributed by atoms with E-state index in [0.29, 0.717) is 0 Å². The zero-order valence-corrected chi connectivity index (χ0v) is 8.17. The van der Waals surface area contributed by atoms with Gasteiger partial charge in [-0.05, 0) is 17.9 Å². The largest absolute Gasteiger partial charge is 0.451 e. The molecule has 1 aliphatic rings. The van der Waals surface area contributed by atoms with Gasteiger partial charge in [0.1, 0.15) is 0 Å². The monoisotopic (exact) mass is 192 g/mol. The summed E-state index contributed by atoms with van der Waals surface area (Å²) in [6.45, 7) is 1.47. The molecule has 1 rings (SSSR count). The minimum Gasteiger partial charge on any atom is -0.451 e. The number of hydrogen-bond acceptors (Lipinski definition) is 4. The summed E-state index contributed by atoms with van der Waals surface area (Å²) in [6, 6.07) is 0. The standard InChI is InChI=1S/C7H12O2S2/c1-6(8)9-7-5-10-3-2-4-11-7/h7H,2-5H2,1H3. The number of rotatable bonds is 1. The fraction of sp³-hybridized carbons (Fsp3) is 0.857. The molecule has 1 atom stereocenters. The van der Waals surface area contributed by atoms with Crippen LogP contribution < -0.4 is 0 Å². The van der Waals surface area contributed by atoms with Gasteiger partial charge in [0, 0.05) is 12.7 Å². The van der Waals surface area contributed by atoms with Crippen molar-refractivity contribution >= 4 is 29.5 Å². The maximum Gasteiger partial charge on any atom is 0.303 e. The van der Waals surface area contributed by atoms with E-state index in [1.807, 2.05) is 11.8 Å². The summed E-state index contributed by atoms with van der Waals surface area (Å²) < 4.78 is 5.07. The fourth-order valence-electron chi connectivity index (χ4n) is 0.857. The first kappa shape index (κ1) is 9.26. The number of carbonyl (C=O) groups is 1. The lowest BCUT2D eigenvalue weighted by Gasteiger charge is -2.12. The Hall–Kier alpha value is 0.170. The van der Waals surface area contributed by atoms with Gasteiger partial charge in [0.05, 0.1) is 0 Å².